The van der Waals surface area contributed by atoms with Gasteiger partial charge in [0, 0.05) is 23.6 Å². The Labute approximate surface area is 246 Å². The van der Waals surface area contributed by atoms with Crippen LogP contribution in [0.4, 0.5) is 5.69 Å². The first kappa shape index (κ1) is 31.8. The smallest absolute Gasteiger partial charge is 0.335 e. The number of carboxylic acid groups (broad SMARTS) is 3. The molecular formula is C30H31N3O8S. The van der Waals surface area contributed by atoms with Crippen LogP contribution in [0, 0.1) is 0 Å². The first-order valence-electron chi connectivity index (χ1n) is 12.9. The van der Waals surface area contributed by atoms with Crippen molar-refractivity contribution in [2.45, 2.75) is 30.7 Å². The van der Waals surface area contributed by atoms with E-state index in [1.807, 2.05) is 24.3 Å². The van der Waals surface area contributed by atoms with Crippen molar-refractivity contribution in [3.63, 3.8) is 0 Å². The molecule has 12 heteroatoms. The van der Waals surface area contributed by atoms with E-state index in [9.17, 15) is 29.1 Å². The van der Waals surface area contributed by atoms with Crippen molar-refractivity contribution in [1.29, 1.82) is 0 Å². The van der Waals surface area contributed by atoms with E-state index in [-0.39, 0.29) is 24.2 Å². The number of amides is 2. The van der Waals surface area contributed by atoms with Gasteiger partial charge in [-0.25, -0.2) is 4.79 Å². The first-order valence-corrected chi connectivity index (χ1v) is 14.1. The Morgan fingerprint density at radius 1 is 0.833 bits per heavy atom. The largest absolute Gasteiger partial charge is 0.480 e. The molecule has 3 aromatic rings. The van der Waals surface area contributed by atoms with Crippen LogP contribution >= 0.6 is 11.8 Å². The fraction of sp³-hybridized carbons (Fsp3) is 0.233. The molecule has 220 valence electrons. The summed E-state index contributed by atoms with van der Waals surface area (Å²) < 4.78 is 0. The number of nitrogens with one attached hydrogen (secondary N) is 1. The highest BCUT2D eigenvalue weighted by molar-refractivity contribution is 7.98. The number of carboxylic acids is 3. The lowest BCUT2D eigenvalue weighted by atomic mass is 10.0. The molecule has 0 radical (unpaired) electrons. The molecule has 3 aromatic carbocycles. The molecule has 0 heterocycles. The van der Waals surface area contributed by atoms with E-state index in [2.05, 4.69) is 5.32 Å². The summed E-state index contributed by atoms with van der Waals surface area (Å²) in [5.41, 5.74) is 8.73. The van der Waals surface area contributed by atoms with Crippen molar-refractivity contribution < 1.29 is 39.3 Å². The fourth-order valence-electron chi connectivity index (χ4n) is 3.97. The van der Waals surface area contributed by atoms with Crippen LogP contribution in [0.5, 0.6) is 0 Å². The minimum Gasteiger partial charge on any atom is -0.480 e. The third-order valence-electron chi connectivity index (χ3n) is 6.23. The van der Waals surface area contributed by atoms with E-state index in [1.165, 1.54) is 23.9 Å². The molecule has 11 nitrogen and oxygen atoms in total. The number of carbonyl (C=O) groups is 5. The van der Waals surface area contributed by atoms with Crippen LogP contribution < -0.4 is 16.0 Å². The number of hydrogen-bond acceptors (Lipinski definition) is 7. The van der Waals surface area contributed by atoms with Crippen molar-refractivity contribution in [1.82, 2.24) is 5.32 Å². The zero-order valence-electron chi connectivity index (χ0n) is 22.5. The third kappa shape index (κ3) is 9.46. The second kappa shape index (κ2) is 15.4. The number of rotatable bonds is 15. The van der Waals surface area contributed by atoms with Crippen LogP contribution in [0.1, 0.15) is 28.8 Å². The molecule has 0 unspecified atom stereocenters. The molecule has 0 aliphatic carbocycles. The zero-order chi connectivity index (χ0) is 30.6. The van der Waals surface area contributed by atoms with Gasteiger partial charge in [0.25, 0.3) is 5.91 Å². The summed E-state index contributed by atoms with van der Waals surface area (Å²) in [6.45, 7) is -0.612. The Morgan fingerprint density at radius 2 is 1.43 bits per heavy atom. The summed E-state index contributed by atoms with van der Waals surface area (Å²) in [6, 6.07) is 20.0. The van der Waals surface area contributed by atoms with Crippen LogP contribution in [-0.2, 0) is 24.9 Å². The molecule has 0 bridgehead atoms. The van der Waals surface area contributed by atoms with Crippen molar-refractivity contribution in [2.75, 3.05) is 17.2 Å². The quantitative estimate of drug-likeness (QED) is 0.175. The SMILES string of the molecule is N[C@@H](CCC(=O)N[C@@H](CSCc1ccc(-c2ccc(C(=O)O)cc2)cc1)C(=O)N(CC(=O)O)c1ccccc1)C(=O)O. The lowest BCUT2D eigenvalue weighted by Crippen LogP contribution is -2.51. The van der Waals surface area contributed by atoms with Gasteiger partial charge in [-0.3, -0.25) is 24.1 Å². The number of benzene rings is 3. The molecule has 2 amide bonds. The molecule has 0 saturated heterocycles. The predicted molar refractivity (Wildman–Crippen MR) is 158 cm³/mol. The Kier molecular flexibility index (Phi) is 11.6. The minimum atomic E-state index is -1.24. The summed E-state index contributed by atoms with van der Waals surface area (Å²) in [5, 5.41) is 30.1. The Hall–Kier alpha value is -4.68. The molecule has 3 rings (SSSR count). The molecule has 0 aliphatic rings. The highest BCUT2D eigenvalue weighted by Crippen LogP contribution is 2.23. The maximum Gasteiger partial charge on any atom is 0.335 e. The van der Waals surface area contributed by atoms with E-state index in [0.717, 1.165) is 21.6 Å². The lowest BCUT2D eigenvalue weighted by Gasteiger charge is -2.27. The van der Waals surface area contributed by atoms with Gasteiger partial charge < -0.3 is 26.4 Å². The van der Waals surface area contributed by atoms with E-state index in [0.29, 0.717) is 11.4 Å². The van der Waals surface area contributed by atoms with Gasteiger partial charge in [-0.1, -0.05) is 54.6 Å². The summed E-state index contributed by atoms with van der Waals surface area (Å²) in [4.78, 5) is 60.9. The number of anilines is 1. The van der Waals surface area contributed by atoms with Crippen LogP contribution in [0.25, 0.3) is 11.1 Å². The second-order valence-corrected chi connectivity index (χ2v) is 10.4. The van der Waals surface area contributed by atoms with E-state index in [4.69, 9.17) is 15.9 Å². The Balaban J connectivity index is 1.71. The Morgan fingerprint density at radius 3 is 1.98 bits per heavy atom. The van der Waals surface area contributed by atoms with Gasteiger partial charge in [-0.2, -0.15) is 11.8 Å². The normalized spacial score (nSPS) is 12.1. The van der Waals surface area contributed by atoms with Gasteiger partial charge in [0.15, 0.2) is 0 Å². The molecule has 0 aromatic heterocycles. The Bertz CT molecular complexity index is 1400. The third-order valence-corrected chi connectivity index (χ3v) is 7.34. The van der Waals surface area contributed by atoms with Crippen LogP contribution in [-0.4, -0.2) is 69.4 Å². The highest BCUT2D eigenvalue weighted by Gasteiger charge is 2.29. The zero-order valence-corrected chi connectivity index (χ0v) is 23.3. The van der Waals surface area contributed by atoms with Gasteiger partial charge in [-0.05, 0) is 47.4 Å². The number of hydrogen-bond donors (Lipinski definition) is 5. The van der Waals surface area contributed by atoms with E-state index >= 15 is 0 Å². The molecule has 0 saturated carbocycles. The summed E-state index contributed by atoms with van der Waals surface area (Å²) in [7, 11) is 0. The summed E-state index contributed by atoms with van der Waals surface area (Å²) in [5.74, 6) is -4.07. The molecule has 6 N–H and O–H groups in total. The monoisotopic (exact) mass is 593 g/mol. The number of carbonyl (C=O) groups excluding carboxylic acids is 2. The highest BCUT2D eigenvalue weighted by atomic mass is 32.2. The van der Waals surface area contributed by atoms with Gasteiger partial charge in [-0.15, -0.1) is 0 Å². The first-order chi connectivity index (χ1) is 20.0. The number of nitrogens with two attached hydrogens (primary N) is 1. The number of aromatic carboxylic acids is 1. The van der Waals surface area contributed by atoms with Gasteiger partial charge >= 0.3 is 17.9 Å². The molecular weight excluding hydrogens is 562 g/mol. The lowest BCUT2D eigenvalue weighted by molar-refractivity contribution is -0.139. The van der Waals surface area contributed by atoms with Gasteiger partial charge in [0.1, 0.15) is 18.6 Å². The number of aliphatic carboxylic acids is 2. The average Bonchev–Trinajstić information content (AvgIpc) is 2.98. The average molecular weight is 594 g/mol. The number of thioether (sulfide) groups is 1. The fourth-order valence-corrected chi connectivity index (χ4v) is 4.98. The molecule has 42 heavy (non-hydrogen) atoms. The van der Waals surface area contributed by atoms with Crippen molar-refractivity contribution >= 4 is 47.2 Å². The summed E-state index contributed by atoms with van der Waals surface area (Å²) >= 11 is 1.36. The topological polar surface area (TPSA) is 187 Å². The van der Waals surface area contributed by atoms with Gasteiger partial charge in [0.2, 0.25) is 5.91 Å². The maximum absolute atomic E-state index is 13.6. The van der Waals surface area contributed by atoms with Crippen molar-refractivity contribution in [3.05, 3.63) is 90.0 Å². The van der Waals surface area contributed by atoms with E-state index in [1.54, 1.807) is 42.5 Å². The number of para-hydroxylation sites is 1. The summed E-state index contributed by atoms with van der Waals surface area (Å²) in [6.07, 6.45) is -0.348. The maximum atomic E-state index is 13.6. The molecule has 0 spiro atoms. The molecule has 0 aliphatic heterocycles. The van der Waals surface area contributed by atoms with Gasteiger partial charge in [0.05, 0.1) is 5.56 Å². The van der Waals surface area contributed by atoms with E-state index < -0.39 is 48.4 Å². The minimum absolute atomic E-state index is 0.122. The van der Waals surface area contributed by atoms with Crippen LogP contribution in [0.2, 0.25) is 0 Å². The van der Waals surface area contributed by atoms with Crippen LogP contribution in [0.15, 0.2) is 78.9 Å². The predicted octanol–water partition coefficient (Wildman–Crippen LogP) is 3.08. The van der Waals surface area contributed by atoms with Crippen molar-refractivity contribution in [2.24, 2.45) is 5.73 Å². The molecule has 2 atom stereocenters. The standard InChI is InChI=1S/C30H31N3O8S/c31-24(30(40)41)14-15-26(34)32-25(28(37)33(16-27(35)36)23-4-2-1-3-5-23)18-42-17-19-6-8-20(9-7-19)21-10-12-22(13-11-21)29(38)39/h1-13,24-25H,14-18,31H2,(H,32,34)(H,35,36)(H,38,39)(H,40,41)/t24-,25-/m0/s1. The molecule has 0 fully saturated rings. The van der Waals surface area contributed by atoms with Crippen molar-refractivity contribution in [3.8, 4) is 11.1 Å². The second-order valence-electron chi connectivity index (χ2n) is 9.35. The number of nitrogens with zero attached hydrogens (tertiary/aromatic N) is 1. The van der Waals surface area contributed by atoms with Crippen LogP contribution in [0.3, 0.4) is 0 Å².